The molecule has 5 heteroatoms. The summed E-state index contributed by atoms with van der Waals surface area (Å²) in [7, 11) is 0. The molecule has 1 atom stereocenters. The first-order chi connectivity index (χ1) is 9.99. The predicted octanol–water partition coefficient (Wildman–Crippen LogP) is 4.97. The summed E-state index contributed by atoms with van der Waals surface area (Å²) in [6, 6.07) is 14.8. The molecule has 2 rings (SSSR count). The van der Waals surface area contributed by atoms with Crippen LogP contribution in [0.4, 0.5) is 18.9 Å². The van der Waals surface area contributed by atoms with E-state index in [1.165, 1.54) is 12.1 Å². The minimum atomic E-state index is -4.31. The highest BCUT2D eigenvalue weighted by Gasteiger charge is 2.29. The number of hydrogen-bond donors (Lipinski definition) is 1. The predicted molar refractivity (Wildman–Crippen MR) is 79.7 cm³/mol. The first kappa shape index (κ1) is 15.7. The van der Waals surface area contributed by atoms with Crippen LogP contribution in [0.5, 0.6) is 0 Å². The van der Waals surface area contributed by atoms with Crippen LogP contribution in [-0.4, -0.2) is 11.9 Å². The largest absolute Gasteiger partial charge is 0.416 e. The Morgan fingerprint density at radius 3 is 2.10 bits per heavy atom. The molecular formula is C16H15ClF3N. The Bertz CT molecular complexity index is 552. The van der Waals surface area contributed by atoms with Crippen LogP contribution in [0.2, 0.25) is 0 Å². The second-order valence-electron chi connectivity index (χ2n) is 4.76. The molecule has 2 aromatic carbocycles. The summed E-state index contributed by atoms with van der Waals surface area (Å²) in [5, 5.41) is 3.16. The summed E-state index contributed by atoms with van der Waals surface area (Å²) < 4.78 is 37.5. The molecule has 0 fully saturated rings. The summed E-state index contributed by atoms with van der Waals surface area (Å²) in [5.74, 6) is 0.371. The van der Waals surface area contributed by atoms with Crippen molar-refractivity contribution in [2.24, 2.45) is 0 Å². The highest BCUT2D eigenvalue weighted by molar-refractivity contribution is 6.18. The average molecular weight is 314 g/mol. The molecule has 0 spiro atoms. The van der Waals surface area contributed by atoms with Gasteiger partial charge in [0.2, 0.25) is 0 Å². The number of benzene rings is 2. The fraction of sp³-hybridized carbons (Fsp3) is 0.250. The summed E-state index contributed by atoms with van der Waals surface area (Å²) >= 11 is 5.93. The molecule has 1 N–H and O–H groups in total. The van der Waals surface area contributed by atoms with Gasteiger partial charge in [-0.1, -0.05) is 30.3 Å². The normalized spacial score (nSPS) is 13.0. The zero-order valence-corrected chi connectivity index (χ0v) is 12.0. The number of alkyl halides is 4. The highest BCUT2D eigenvalue weighted by atomic mass is 35.5. The van der Waals surface area contributed by atoms with E-state index < -0.39 is 11.7 Å². The van der Waals surface area contributed by atoms with Crippen LogP contribution >= 0.6 is 11.6 Å². The van der Waals surface area contributed by atoms with Crippen LogP contribution in [0, 0.1) is 0 Å². The van der Waals surface area contributed by atoms with E-state index in [0.29, 0.717) is 18.0 Å². The number of anilines is 1. The van der Waals surface area contributed by atoms with Gasteiger partial charge in [-0.3, -0.25) is 0 Å². The standard InChI is InChI=1S/C16H15ClF3N/c17-11-15(10-12-4-2-1-3-5-12)21-14-8-6-13(7-9-14)16(18,19)20/h1-9,15,21H,10-11H2. The third-order valence-electron chi connectivity index (χ3n) is 3.09. The van der Waals surface area contributed by atoms with Crippen molar-refractivity contribution in [1.82, 2.24) is 0 Å². The van der Waals surface area contributed by atoms with Crippen LogP contribution in [0.3, 0.4) is 0 Å². The van der Waals surface area contributed by atoms with Crippen LogP contribution < -0.4 is 5.32 Å². The van der Waals surface area contributed by atoms with Crippen molar-refractivity contribution in [3.8, 4) is 0 Å². The second-order valence-corrected chi connectivity index (χ2v) is 5.07. The van der Waals surface area contributed by atoms with E-state index in [9.17, 15) is 13.2 Å². The highest BCUT2D eigenvalue weighted by Crippen LogP contribution is 2.30. The van der Waals surface area contributed by atoms with Crippen molar-refractivity contribution >= 4 is 17.3 Å². The van der Waals surface area contributed by atoms with E-state index in [4.69, 9.17) is 11.6 Å². The van der Waals surface area contributed by atoms with Gasteiger partial charge in [-0.15, -0.1) is 11.6 Å². The quantitative estimate of drug-likeness (QED) is 0.769. The molecule has 0 aliphatic rings. The zero-order valence-electron chi connectivity index (χ0n) is 11.2. The van der Waals surface area contributed by atoms with Gasteiger partial charge in [-0.05, 0) is 36.2 Å². The topological polar surface area (TPSA) is 12.0 Å². The smallest absolute Gasteiger partial charge is 0.381 e. The summed E-state index contributed by atoms with van der Waals surface area (Å²) in [4.78, 5) is 0. The molecule has 1 unspecified atom stereocenters. The van der Waals surface area contributed by atoms with Gasteiger partial charge < -0.3 is 5.32 Å². The zero-order chi connectivity index (χ0) is 15.3. The number of hydrogen-bond acceptors (Lipinski definition) is 1. The van der Waals surface area contributed by atoms with E-state index >= 15 is 0 Å². The van der Waals surface area contributed by atoms with Gasteiger partial charge in [0.05, 0.1) is 5.56 Å². The molecule has 2 aromatic rings. The van der Waals surface area contributed by atoms with Gasteiger partial charge in [0, 0.05) is 17.6 Å². The van der Waals surface area contributed by atoms with Crippen molar-refractivity contribution < 1.29 is 13.2 Å². The Balaban J connectivity index is 2.02. The Labute approximate surface area is 126 Å². The molecule has 0 heterocycles. The fourth-order valence-electron chi connectivity index (χ4n) is 2.03. The number of halogens is 4. The van der Waals surface area contributed by atoms with Gasteiger partial charge in [-0.25, -0.2) is 0 Å². The van der Waals surface area contributed by atoms with Crippen molar-refractivity contribution in [2.45, 2.75) is 18.6 Å². The van der Waals surface area contributed by atoms with Crippen LogP contribution in [0.1, 0.15) is 11.1 Å². The van der Waals surface area contributed by atoms with Crippen molar-refractivity contribution in [1.29, 1.82) is 0 Å². The van der Waals surface area contributed by atoms with Gasteiger partial charge in [0.1, 0.15) is 0 Å². The molecule has 0 aliphatic carbocycles. The maximum Gasteiger partial charge on any atom is 0.416 e. The summed E-state index contributed by atoms with van der Waals surface area (Å²) in [6.45, 7) is 0. The average Bonchev–Trinajstić information content (AvgIpc) is 2.47. The SMILES string of the molecule is FC(F)(F)c1ccc(NC(CCl)Cc2ccccc2)cc1. The minimum absolute atomic E-state index is 0.0363. The van der Waals surface area contributed by atoms with Crippen LogP contribution in [0.15, 0.2) is 54.6 Å². The molecule has 0 bridgehead atoms. The van der Waals surface area contributed by atoms with Gasteiger partial charge >= 0.3 is 6.18 Å². The lowest BCUT2D eigenvalue weighted by atomic mass is 10.1. The summed E-state index contributed by atoms with van der Waals surface area (Å²) in [5.41, 5.74) is 1.10. The van der Waals surface area contributed by atoms with E-state index in [1.807, 2.05) is 30.3 Å². The lowest BCUT2D eigenvalue weighted by Crippen LogP contribution is -2.24. The first-order valence-corrected chi connectivity index (χ1v) is 7.06. The van der Waals surface area contributed by atoms with Gasteiger partial charge in [0.15, 0.2) is 0 Å². The molecule has 21 heavy (non-hydrogen) atoms. The Morgan fingerprint density at radius 2 is 1.57 bits per heavy atom. The van der Waals surface area contributed by atoms with E-state index in [0.717, 1.165) is 17.7 Å². The molecule has 112 valence electrons. The van der Waals surface area contributed by atoms with Crippen molar-refractivity contribution in [2.75, 3.05) is 11.2 Å². The minimum Gasteiger partial charge on any atom is -0.381 e. The maximum atomic E-state index is 12.5. The fourth-order valence-corrected chi connectivity index (χ4v) is 2.22. The number of nitrogens with one attached hydrogen (secondary N) is 1. The molecule has 1 nitrogen and oxygen atoms in total. The molecule has 0 saturated carbocycles. The van der Waals surface area contributed by atoms with E-state index in [1.54, 1.807) is 0 Å². The van der Waals surface area contributed by atoms with Crippen LogP contribution in [-0.2, 0) is 12.6 Å². The van der Waals surface area contributed by atoms with E-state index in [2.05, 4.69) is 5.32 Å². The summed E-state index contributed by atoms with van der Waals surface area (Å²) in [6.07, 6.45) is -3.60. The molecule has 0 radical (unpaired) electrons. The Kier molecular flexibility index (Phi) is 5.12. The number of rotatable bonds is 5. The second kappa shape index (κ2) is 6.85. The molecule has 0 aromatic heterocycles. The molecule has 0 amide bonds. The van der Waals surface area contributed by atoms with Gasteiger partial charge in [0.25, 0.3) is 0 Å². The Morgan fingerprint density at radius 1 is 0.952 bits per heavy atom. The van der Waals surface area contributed by atoms with E-state index in [-0.39, 0.29) is 6.04 Å². The Hall–Kier alpha value is -1.68. The lowest BCUT2D eigenvalue weighted by Gasteiger charge is -2.18. The monoisotopic (exact) mass is 313 g/mol. The third kappa shape index (κ3) is 4.67. The lowest BCUT2D eigenvalue weighted by molar-refractivity contribution is -0.137. The molecular weight excluding hydrogens is 299 g/mol. The van der Waals surface area contributed by atoms with Gasteiger partial charge in [-0.2, -0.15) is 13.2 Å². The first-order valence-electron chi connectivity index (χ1n) is 6.52. The molecule has 0 aliphatic heterocycles. The van der Waals surface area contributed by atoms with Crippen molar-refractivity contribution in [3.63, 3.8) is 0 Å². The third-order valence-corrected chi connectivity index (χ3v) is 3.47. The van der Waals surface area contributed by atoms with Crippen LogP contribution in [0.25, 0.3) is 0 Å². The maximum absolute atomic E-state index is 12.5. The molecule has 0 saturated heterocycles. The van der Waals surface area contributed by atoms with Crippen molar-refractivity contribution in [3.05, 3.63) is 65.7 Å².